The minimum Gasteiger partial charge on any atom is -0.493 e. The first-order valence-electron chi connectivity index (χ1n) is 4.96. The van der Waals surface area contributed by atoms with Crippen LogP contribution in [0.2, 0.25) is 0 Å². The summed E-state index contributed by atoms with van der Waals surface area (Å²) in [5, 5.41) is 8.93. The van der Waals surface area contributed by atoms with E-state index in [1.54, 1.807) is 33.1 Å². The Morgan fingerprint density at radius 3 is 2.38 bits per heavy atom. The van der Waals surface area contributed by atoms with Gasteiger partial charge in [0.1, 0.15) is 6.61 Å². The van der Waals surface area contributed by atoms with E-state index in [4.69, 9.17) is 14.6 Å². The molecule has 1 rings (SSSR count). The number of para-hydroxylation sites is 2. The Balaban J connectivity index is 2.71. The second kappa shape index (κ2) is 4.88. The number of carbonyl (C=O) groups is 1. The van der Waals surface area contributed by atoms with Crippen molar-refractivity contribution >= 4 is 5.97 Å². The molecule has 0 aliphatic carbocycles. The van der Waals surface area contributed by atoms with Crippen molar-refractivity contribution in [3.05, 3.63) is 24.3 Å². The fraction of sp³-hybridized carbons (Fsp3) is 0.417. The van der Waals surface area contributed by atoms with Gasteiger partial charge >= 0.3 is 5.97 Å². The van der Waals surface area contributed by atoms with Gasteiger partial charge in [0, 0.05) is 0 Å². The van der Waals surface area contributed by atoms with Gasteiger partial charge < -0.3 is 14.6 Å². The molecule has 0 aliphatic rings. The highest BCUT2D eigenvalue weighted by molar-refractivity contribution is 5.73. The van der Waals surface area contributed by atoms with E-state index in [2.05, 4.69) is 0 Å². The molecule has 4 nitrogen and oxygen atoms in total. The molecule has 1 N–H and O–H groups in total. The van der Waals surface area contributed by atoms with Crippen molar-refractivity contribution in [3.63, 3.8) is 0 Å². The number of benzene rings is 1. The summed E-state index contributed by atoms with van der Waals surface area (Å²) in [7, 11) is 1.55. The van der Waals surface area contributed by atoms with Crippen molar-refractivity contribution in [2.75, 3.05) is 13.7 Å². The van der Waals surface area contributed by atoms with E-state index in [9.17, 15) is 4.79 Å². The number of ether oxygens (including phenoxy) is 2. The molecule has 0 bridgehead atoms. The third-order valence-corrected chi connectivity index (χ3v) is 2.24. The molecule has 1 aromatic rings. The Hall–Kier alpha value is -1.71. The quantitative estimate of drug-likeness (QED) is 0.832. The molecule has 0 unspecified atom stereocenters. The average molecular weight is 224 g/mol. The van der Waals surface area contributed by atoms with Crippen LogP contribution in [0.15, 0.2) is 24.3 Å². The molecule has 4 heteroatoms. The minimum absolute atomic E-state index is 0.0999. The Morgan fingerprint density at radius 1 is 1.31 bits per heavy atom. The molecule has 0 saturated heterocycles. The Morgan fingerprint density at radius 2 is 1.88 bits per heavy atom. The predicted molar refractivity (Wildman–Crippen MR) is 59.9 cm³/mol. The number of carboxylic acids is 1. The second-order valence-corrected chi connectivity index (χ2v) is 4.13. The summed E-state index contributed by atoms with van der Waals surface area (Å²) in [5.41, 5.74) is -0.916. The van der Waals surface area contributed by atoms with Crippen molar-refractivity contribution < 1.29 is 19.4 Å². The van der Waals surface area contributed by atoms with Gasteiger partial charge in [-0.2, -0.15) is 0 Å². The monoisotopic (exact) mass is 224 g/mol. The summed E-state index contributed by atoms with van der Waals surface area (Å²) in [4.78, 5) is 10.9. The maximum Gasteiger partial charge on any atom is 0.312 e. The van der Waals surface area contributed by atoms with E-state index in [-0.39, 0.29) is 6.61 Å². The van der Waals surface area contributed by atoms with Crippen LogP contribution in [-0.2, 0) is 4.79 Å². The van der Waals surface area contributed by atoms with E-state index in [1.165, 1.54) is 0 Å². The van der Waals surface area contributed by atoms with Gasteiger partial charge in [0.15, 0.2) is 11.5 Å². The van der Waals surface area contributed by atoms with Gasteiger partial charge in [0.05, 0.1) is 12.5 Å². The molecule has 0 fully saturated rings. The fourth-order valence-electron chi connectivity index (χ4n) is 1.06. The lowest BCUT2D eigenvalue weighted by molar-refractivity contribution is -0.148. The van der Waals surface area contributed by atoms with Crippen molar-refractivity contribution in [2.45, 2.75) is 13.8 Å². The Labute approximate surface area is 94.8 Å². The number of aliphatic carboxylic acids is 1. The standard InChI is InChI=1S/C12H16O4/c1-12(2,11(13)14)8-16-10-7-5-4-6-9(10)15-3/h4-7H,8H2,1-3H3,(H,13,14). The summed E-state index contributed by atoms with van der Waals surface area (Å²) in [6.45, 7) is 3.33. The molecular formula is C12H16O4. The molecule has 0 aromatic heterocycles. The highest BCUT2D eigenvalue weighted by atomic mass is 16.5. The summed E-state index contributed by atoms with van der Waals surface area (Å²) >= 11 is 0. The third kappa shape index (κ3) is 2.89. The van der Waals surface area contributed by atoms with Gasteiger partial charge in [0.2, 0.25) is 0 Å². The van der Waals surface area contributed by atoms with Crippen molar-refractivity contribution in [2.24, 2.45) is 5.41 Å². The van der Waals surface area contributed by atoms with E-state index >= 15 is 0 Å². The second-order valence-electron chi connectivity index (χ2n) is 4.13. The average Bonchev–Trinajstić information content (AvgIpc) is 2.26. The molecule has 0 saturated carbocycles. The topological polar surface area (TPSA) is 55.8 Å². The van der Waals surface area contributed by atoms with E-state index in [0.29, 0.717) is 11.5 Å². The van der Waals surface area contributed by atoms with Gasteiger partial charge in [-0.05, 0) is 26.0 Å². The molecular weight excluding hydrogens is 208 g/mol. The van der Waals surface area contributed by atoms with Gasteiger partial charge in [-0.15, -0.1) is 0 Å². The zero-order valence-electron chi connectivity index (χ0n) is 9.69. The highest BCUT2D eigenvalue weighted by Gasteiger charge is 2.28. The lowest BCUT2D eigenvalue weighted by Crippen LogP contribution is -2.30. The van der Waals surface area contributed by atoms with Crippen molar-refractivity contribution in [1.29, 1.82) is 0 Å². The largest absolute Gasteiger partial charge is 0.493 e. The molecule has 1 aromatic carbocycles. The predicted octanol–water partition coefficient (Wildman–Crippen LogP) is 2.18. The molecule has 0 spiro atoms. The number of rotatable bonds is 5. The first kappa shape index (κ1) is 12.4. The normalized spacial score (nSPS) is 10.9. The maximum absolute atomic E-state index is 10.9. The zero-order valence-corrected chi connectivity index (χ0v) is 9.69. The van der Waals surface area contributed by atoms with Crippen LogP contribution in [-0.4, -0.2) is 24.8 Å². The molecule has 0 atom stereocenters. The number of hydrogen-bond acceptors (Lipinski definition) is 3. The van der Waals surface area contributed by atoms with Crippen LogP contribution in [0.25, 0.3) is 0 Å². The fourth-order valence-corrected chi connectivity index (χ4v) is 1.06. The minimum atomic E-state index is -0.916. The third-order valence-electron chi connectivity index (χ3n) is 2.24. The van der Waals surface area contributed by atoms with Gasteiger partial charge in [-0.25, -0.2) is 0 Å². The van der Waals surface area contributed by atoms with Crippen LogP contribution in [0.1, 0.15) is 13.8 Å². The SMILES string of the molecule is COc1ccccc1OCC(C)(C)C(=O)O. The Bertz CT molecular complexity index is 371. The maximum atomic E-state index is 10.9. The van der Waals surface area contributed by atoms with Crippen molar-refractivity contribution in [3.8, 4) is 11.5 Å². The highest BCUT2D eigenvalue weighted by Crippen LogP contribution is 2.27. The van der Waals surface area contributed by atoms with Crippen LogP contribution < -0.4 is 9.47 Å². The molecule has 0 heterocycles. The smallest absolute Gasteiger partial charge is 0.312 e. The van der Waals surface area contributed by atoms with E-state index < -0.39 is 11.4 Å². The van der Waals surface area contributed by atoms with Gasteiger partial charge in [-0.1, -0.05) is 12.1 Å². The van der Waals surface area contributed by atoms with Crippen LogP contribution in [0.3, 0.4) is 0 Å². The molecule has 0 amide bonds. The summed E-state index contributed by atoms with van der Waals surface area (Å²) in [6, 6.07) is 7.15. The van der Waals surface area contributed by atoms with Gasteiger partial charge in [0.25, 0.3) is 0 Å². The molecule has 16 heavy (non-hydrogen) atoms. The van der Waals surface area contributed by atoms with Gasteiger partial charge in [-0.3, -0.25) is 4.79 Å². The van der Waals surface area contributed by atoms with E-state index in [0.717, 1.165) is 0 Å². The summed E-state index contributed by atoms with van der Waals surface area (Å²) in [6.07, 6.45) is 0. The molecule has 0 radical (unpaired) electrons. The molecule has 88 valence electrons. The summed E-state index contributed by atoms with van der Waals surface area (Å²) < 4.78 is 10.5. The lowest BCUT2D eigenvalue weighted by atomic mass is 9.95. The van der Waals surface area contributed by atoms with Crippen LogP contribution >= 0.6 is 0 Å². The number of methoxy groups -OCH3 is 1. The van der Waals surface area contributed by atoms with Crippen molar-refractivity contribution in [1.82, 2.24) is 0 Å². The number of hydrogen-bond donors (Lipinski definition) is 1. The Kier molecular flexibility index (Phi) is 3.77. The zero-order chi connectivity index (χ0) is 12.2. The van der Waals surface area contributed by atoms with Crippen LogP contribution in [0, 0.1) is 5.41 Å². The lowest BCUT2D eigenvalue weighted by Gasteiger charge is -2.20. The molecule has 0 aliphatic heterocycles. The van der Waals surface area contributed by atoms with Crippen LogP contribution in [0.4, 0.5) is 0 Å². The number of carboxylic acid groups (broad SMARTS) is 1. The summed E-state index contributed by atoms with van der Waals surface area (Å²) in [5.74, 6) is 0.269. The van der Waals surface area contributed by atoms with E-state index in [1.807, 2.05) is 12.1 Å². The van der Waals surface area contributed by atoms with Crippen LogP contribution in [0.5, 0.6) is 11.5 Å². The first-order chi connectivity index (χ1) is 7.47. The first-order valence-corrected chi connectivity index (χ1v) is 4.96.